The predicted octanol–water partition coefficient (Wildman–Crippen LogP) is 5.53. The standard InChI is InChI=1S/C24H26ClFN2O2S/c1-16(23(29)27-12-6-2-3-7-13-27)22-24(30)28(20-8-4-5-9-21(20)31-22)15-17-10-11-18(26)14-19(17)25/h4-5,8-11,14,16,22H,2-3,6-7,12-13,15H2,1H3/t16-,22-/m1/s1. The van der Waals surface area contributed by atoms with Gasteiger partial charge in [0.05, 0.1) is 18.2 Å². The van der Waals surface area contributed by atoms with Gasteiger partial charge in [-0.3, -0.25) is 9.59 Å². The largest absolute Gasteiger partial charge is 0.342 e. The van der Waals surface area contributed by atoms with Crippen LogP contribution >= 0.6 is 23.4 Å². The predicted molar refractivity (Wildman–Crippen MR) is 123 cm³/mol. The van der Waals surface area contributed by atoms with Crippen LogP contribution in [0.4, 0.5) is 10.1 Å². The van der Waals surface area contributed by atoms with Crippen LogP contribution in [-0.4, -0.2) is 35.1 Å². The van der Waals surface area contributed by atoms with Crippen LogP contribution in [0.3, 0.4) is 0 Å². The number of thioether (sulfide) groups is 1. The van der Waals surface area contributed by atoms with Crippen molar-refractivity contribution < 1.29 is 14.0 Å². The number of para-hydroxylation sites is 1. The second-order valence-corrected chi connectivity index (χ2v) is 9.79. The summed E-state index contributed by atoms with van der Waals surface area (Å²) in [5, 5.41) is -0.223. The van der Waals surface area contributed by atoms with Gasteiger partial charge in [-0.1, -0.05) is 49.6 Å². The van der Waals surface area contributed by atoms with Gasteiger partial charge >= 0.3 is 0 Å². The molecular weight excluding hydrogens is 435 g/mol. The van der Waals surface area contributed by atoms with Crippen LogP contribution in [0.25, 0.3) is 0 Å². The SMILES string of the molecule is C[C@@H](C(=O)N1CCCCCC1)[C@H]1Sc2ccccc2N(Cc2ccc(F)cc2Cl)C1=O. The van der Waals surface area contributed by atoms with Crippen molar-refractivity contribution in [2.75, 3.05) is 18.0 Å². The number of carbonyl (C=O) groups excluding carboxylic acids is 2. The molecule has 2 heterocycles. The minimum Gasteiger partial charge on any atom is -0.342 e. The summed E-state index contributed by atoms with van der Waals surface area (Å²) in [6.07, 6.45) is 4.33. The molecule has 2 aromatic carbocycles. The molecule has 2 aromatic rings. The van der Waals surface area contributed by atoms with E-state index >= 15 is 0 Å². The summed E-state index contributed by atoms with van der Waals surface area (Å²) >= 11 is 7.71. The number of carbonyl (C=O) groups is 2. The first kappa shape index (κ1) is 22.2. The highest BCUT2D eigenvalue weighted by Crippen LogP contribution is 2.43. The second kappa shape index (κ2) is 9.61. The summed E-state index contributed by atoms with van der Waals surface area (Å²) in [5.41, 5.74) is 1.46. The Kier molecular flexibility index (Phi) is 6.87. The first-order chi connectivity index (χ1) is 15.0. The first-order valence-electron chi connectivity index (χ1n) is 10.8. The minimum absolute atomic E-state index is 0.0481. The Hall–Kier alpha value is -2.05. The summed E-state index contributed by atoms with van der Waals surface area (Å²) in [7, 11) is 0. The summed E-state index contributed by atoms with van der Waals surface area (Å²) in [5.74, 6) is -0.911. The first-order valence-corrected chi connectivity index (χ1v) is 12.0. The average molecular weight is 461 g/mol. The van der Waals surface area contributed by atoms with Gasteiger partial charge in [-0.15, -0.1) is 11.8 Å². The number of anilines is 1. The average Bonchev–Trinajstić information content (AvgIpc) is 3.05. The Morgan fingerprint density at radius 1 is 1.16 bits per heavy atom. The van der Waals surface area contributed by atoms with Crippen molar-refractivity contribution in [3.05, 3.63) is 58.9 Å². The highest BCUT2D eigenvalue weighted by molar-refractivity contribution is 8.01. The fraction of sp³-hybridized carbons (Fsp3) is 0.417. The van der Waals surface area contributed by atoms with Crippen molar-refractivity contribution in [1.29, 1.82) is 0 Å². The van der Waals surface area contributed by atoms with Crippen LogP contribution in [0.2, 0.25) is 5.02 Å². The van der Waals surface area contributed by atoms with Crippen LogP contribution in [0, 0.1) is 11.7 Å². The molecule has 2 aliphatic rings. The molecule has 7 heteroatoms. The maximum atomic E-state index is 13.6. The lowest BCUT2D eigenvalue weighted by atomic mass is 10.0. The van der Waals surface area contributed by atoms with E-state index in [0.717, 1.165) is 49.4 Å². The fourth-order valence-corrected chi connectivity index (χ4v) is 5.75. The van der Waals surface area contributed by atoms with Crippen LogP contribution in [0.1, 0.15) is 38.2 Å². The molecule has 0 radical (unpaired) electrons. The lowest BCUT2D eigenvalue weighted by Gasteiger charge is -2.37. The second-order valence-electron chi connectivity index (χ2n) is 8.19. The van der Waals surface area contributed by atoms with E-state index in [0.29, 0.717) is 5.56 Å². The van der Waals surface area contributed by atoms with Crippen molar-refractivity contribution in [2.45, 2.75) is 49.3 Å². The lowest BCUT2D eigenvalue weighted by Crippen LogP contribution is -2.48. The Morgan fingerprint density at radius 3 is 2.58 bits per heavy atom. The van der Waals surface area contributed by atoms with E-state index in [2.05, 4.69) is 0 Å². The summed E-state index contributed by atoms with van der Waals surface area (Å²) < 4.78 is 13.5. The number of benzene rings is 2. The molecule has 0 aromatic heterocycles. The topological polar surface area (TPSA) is 40.6 Å². The van der Waals surface area contributed by atoms with E-state index in [-0.39, 0.29) is 23.4 Å². The van der Waals surface area contributed by atoms with Crippen LogP contribution in [0.15, 0.2) is 47.4 Å². The van der Waals surface area contributed by atoms with Gasteiger partial charge in [-0.25, -0.2) is 4.39 Å². The van der Waals surface area contributed by atoms with Gasteiger partial charge in [0, 0.05) is 23.0 Å². The van der Waals surface area contributed by atoms with Crippen molar-refractivity contribution >= 4 is 40.9 Å². The normalized spacial score (nSPS) is 20.2. The zero-order valence-electron chi connectivity index (χ0n) is 17.5. The monoisotopic (exact) mass is 460 g/mol. The molecular formula is C24H26ClFN2O2S. The molecule has 1 fully saturated rings. The van der Waals surface area contributed by atoms with Gasteiger partial charge in [-0.2, -0.15) is 0 Å². The number of amides is 2. The summed E-state index contributed by atoms with van der Waals surface area (Å²) in [6.45, 7) is 3.62. The van der Waals surface area contributed by atoms with E-state index in [1.54, 1.807) is 11.0 Å². The Bertz CT molecular complexity index is 978. The van der Waals surface area contributed by atoms with Gasteiger partial charge in [0.25, 0.3) is 0 Å². The zero-order chi connectivity index (χ0) is 22.0. The molecule has 0 N–H and O–H groups in total. The van der Waals surface area contributed by atoms with E-state index < -0.39 is 17.0 Å². The third kappa shape index (κ3) is 4.75. The molecule has 0 unspecified atom stereocenters. The zero-order valence-corrected chi connectivity index (χ0v) is 19.1. The van der Waals surface area contributed by atoms with Crippen LogP contribution in [-0.2, 0) is 16.1 Å². The van der Waals surface area contributed by atoms with Gasteiger partial charge < -0.3 is 9.80 Å². The van der Waals surface area contributed by atoms with E-state index in [4.69, 9.17) is 11.6 Å². The van der Waals surface area contributed by atoms with Gasteiger partial charge in [0.2, 0.25) is 11.8 Å². The molecule has 4 nitrogen and oxygen atoms in total. The van der Waals surface area contributed by atoms with Crippen LogP contribution < -0.4 is 4.90 Å². The van der Waals surface area contributed by atoms with E-state index in [9.17, 15) is 14.0 Å². The quantitative estimate of drug-likeness (QED) is 0.602. The van der Waals surface area contributed by atoms with Gasteiger partial charge in [0.1, 0.15) is 11.1 Å². The maximum absolute atomic E-state index is 13.6. The Morgan fingerprint density at radius 2 is 1.87 bits per heavy atom. The van der Waals surface area contributed by atoms with Crippen molar-refractivity contribution in [3.8, 4) is 0 Å². The molecule has 2 amide bonds. The van der Waals surface area contributed by atoms with Crippen molar-refractivity contribution in [2.24, 2.45) is 5.92 Å². The number of hydrogen-bond donors (Lipinski definition) is 0. The number of fused-ring (bicyclic) bond motifs is 1. The number of nitrogens with zero attached hydrogens (tertiary/aromatic N) is 2. The van der Waals surface area contributed by atoms with Crippen molar-refractivity contribution in [1.82, 2.24) is 4.90 Å². The highest BCUT2D eigenvalue weighted by Gasteiger charge is 2.40. The van der Waals surface area contributed by atoms with Gasteiger partial charge in [-0.05, 0) is 42.7 Å². The molecule has 164 valence electrons. The molecule has 0 saturated carbocycles. The highest BCUT2D eigenvalue weighted by atomic mass is 35.5. The molecule has 4 rings (SSSR count). The molecule has 0 aliphatic carbocycles. The lowest BCUT2D eigenvalue weighted by molar-refractivity contribution is -0.137. The van der Waals surface area contributed by atoms with E-state index in [1.165, 1.54) is 23.9 Å². The van der Waals surface area contributed by atoms with E-state index in [1.807, 2.05) is 36.1 Å². The molecule has 31 heavy (non-hydrogen) atoms. The number of halogens is 2. The number of likely N-dealkylation sites (tertiary alicyclic amines) is 1. The number of hydrogen-bond acceptors (Lipinski definition) is 3. The maximum Gasteiger partial charge on any atom is 0.241 e. The fourth-order valence-electron chi connectivity index (χ4n) is 4.25. The minimum atomic E-state index is -0.509. The third-order valence-corrected chi connectivity index (χ3v) is 7.84. The molecule has 0 bridgehead atoms. The number of rotatable bonds is 4. The van der Waals surface area contributed by atoms with Crippen molar-refractivity contribution in [3.63, 3.8) is 0 Å². The Labute approximate surface area is 191 Å². The molecule has 2 atom stereocenters. The van der Waals surface area contributed by atoms with Gasteiger partial charge in [0.15, 0.2) is 0 Å². The van der Waals surface area contributed by atoms with Crippen LogP contribution in [0.5, 0.6) is 0 Å². The molecule has 2 aliphatic heterocycles. The Balaban J connectivity index is 1.61. The third-order valence-electron chi connectivity index (χ3n) is 6.02. The molecule has 0 spiro atoms. The summed E-state index contributed by atoms with van der Waals surface area (Å²) in [4.78, 5) is 31.4. The molecule has 1 saturated heterocycles. The smallest absolute Gasteiger partial charge is 0.241 e. The summed E-state index contributed by atoms with van der Waals surface area (Å²) in [6, 6.07) is 11.9.